The van der Waals surface area contributed by atoms with Gasteiger partial charge in [-0.3, -0.25) is 9.59 Å². The van der Waals surface area contributed by atoms with Crippen LogP contribution < -0.4 is 10.1 Å². The Hall–Kier alpha value is -3.48. The zero-order valence-corrected chi connectivity index (χ0v) is 24.4. The maximum absolute atomic E-state index is 14.3. The highest BCUT2D eigenvalue weighted by molar-refractivity contribution is 7.21. The maximum Gasteiger partial charge on any atom is 0.180 e. The van der Waals surface area contributed by atoms with E-state index in [0.29, 0.717) is 22.9 Å². The number of hydrogen-bond acceptors (Lipinski definition) is 6. The Labute approximate surface area is 240 Å². The number of ketones is 2. The van der Waals surface area contributed by atoms with E-state index in [-0.39, 0.29) is 29.2 Å². The summed E-state index contributed by atoms with van der Waals surface area (Å²) >= 11 is 1.39. The second kappa shape index (κ2) is 11.9. The highest BCUT2D eigenvalue weighted by Crippen LogP contribution is 2.43. The highest BCUT2D eigenvalue weighted by atomic mass is 32.1. The highest BCUT2D eigenvalue weighted by Gasteiger charge is 2.35. The standard InChI is InChI=1S/C34H37NO4S/c1-20-7-5-10-30-31(20)33(38)34(40-30)32(37)28(22-11-14-27(35-3)15-12-22)19-26-18-25(13-16-29(26)39-4)24-9-6-8-23(17-24)21(2)36/h5-10,13,16-18,22,27-28,35,38H,11-12,14-15,19H2,1-4H3. The van der Waals surface area contributed by atoms with Gasteiger partial charge in [-0.2, -0.15) is 0 Å². The molecule has 1 aliphatic carbocycles. The number of hydrogen-bond donors (Lipinski definition) is 2. The average Bonchev–Trinajstić information content (AvgIpc) is 3.32. The third kappa shape index (κ3) is 5.56. The fourth-order valence-electron chi connectivity index (χ4n) is 6.19. The summed E-state index contributed by atoms with van der Waals surface area (Å²) in [7, 11) is 3.66. The van der Waals surface area contributed by atoms with E-state index >= 15 is 0 Å². The molecule has 2 N–H and O–H groups in total. The van der Waals surface area contributed by atoms with Crippen LogP contribution in [-0.4, -0.2) is 36.9 Å². The van der Waals surface area contributed by atoms with E-state index in [9.17, 15) is 14.7 Å². The third-order valence-electron chi connectivity index (χ3n) is 8.53. The molecule has 1 heterocycles. The summed E-state index contributed by atoms with van der Waals surface area (Å²) in [4.78, 5) is 26.8. The summed E-state index contributed by atoms with van der Waals surface area (Å²) in [6, 6.07) is 20.0. The van der Waals surface area contributed by atoms with Crippen LogP contribution in [0.3, 0.4) is 0 Å². The molecule has 6 heteroatoms. The zero-order valence-electron chi connectivity index (χ0n) is 23.6. The quantitative estimate of drug-likeness (QED) is 0.208. The van der Waals surface area contributed by atoms with Gasteiger partial charge >= 0.3 is 0 Å². The van der Waals surface area contributed by atoms with Gasteiger partial charge < -0.3 is 15.2 Å². The number of fused-ring (bicyclic) bond motifs is 1. The van der Waals surface area contributed by atoms with Gasteiger partial charge in [0.25, 0.3) is 0 Å². The Bertz CT molecular complexity index is 1550. The molecule has 0 saturated heterocycles. The van der Waals surface area contributed by atoms with Crippen molar-refractivity contribution in [2.45, 2.75) is 52.0 Å². The third-order valence-corrected chi connectivity index (χ3v) is 9.69. The number of carbonyl (C=O) groups is 2. The van der Waals surface area contributed by atoms with Gasteiger partial charge in [-0.15, -0.1) is 11.3 Å². The molecule has 0 amide bonds. The van der Waals surface area contributed by atoms with Crippen molar-refractivity contribution in [1.29, 1.82) is 0 Å². The summed E-state index contributed by atoms with van der Waals surface area (Å²) in [5.74, 6) is 0.805. The minimum absolute atomic E-state index is 0.0111. The fourth-order valence-corrected chi connectivity index (χ4v) is 7.37. The van der Waals surface area contributed by atoms with Gasteiger partial charge in [0, 0.05) is 27.6 Å². The minimum atomic E-state index is -0.287. The van der Waals surface area contributed by atoms with Gasteiger partial charge in [0.2, 0.25) is 0 Å². The van der Waals surface area contributed by atoms with Crippen LogP contribution in [0.15, 0.2) is 60.7 Å². The van der Waals surface area contributed by atoms with Crippen molar-refractivity contribution in [2.24, 2.45) is 11.8 Å². The molecule has 0 aliphatic heterocycles. The number of thiophene rings is 1. The summed E-state index contributed by atoms with van der Waals surface area (Å²) in [6.45, 7) is 3.54. The van der Waals surface area contributed by atoms with Gasteiger partial charge in [0.1, 0.15) is 16.4 Å². The Morgan fingerprint density at radius 3 is 2.42 bits per heavy atom. The summed E-state index contributed by atoms with van der Waals surface area (Å²) in [5, 5.41) is 15.4. The first kappa shape index (κ1) is 28.1. The van der Waals surface area contributed by atoms with E-state index in [1.165, 1.54) is 11.3 Å². The van der Waals surface area contributed by atoms with E-state index < -0.39 is 0 Å². The van der Waals surface area contributed by atoms with Crippen LogP contribution in [0.1, 0.15) is 63.8 Å². The van der Waals surface area contributed by atoms with Crippen LogP contribution in [0.2, 0.25) is 0 Å². The van der Waals surface area contributed by atoms with Gasteiger partial charge in [-0.25, -0.2) is 0 Å². The van der Waals surface area contributed by atoms with Crippen LogP contribution in [-0.2, 0) is 6.42 Å². The second-order valence-electron chi connectivity index (χ2n) is 11.0. The lowest BCUT2D eigenvalue weighted by atomic mass is 9.73. The van der Waals surface area contributed by atoms with Crippen LogP contribution >= 0.6 is 11.3 Å². The van der Waals surface area contributed by atoms with Crippen LogP contribution in [0.5, 0.6) is 11.5 Å². The van der Waals surface area contributed by atoms with Crippen molar-refractivity contribution in [1.82, 2.24) is 5.32 Å². The molecule has 5 rings (SSSR count). The number of methoxy groups -OCH3 is 1. The first-order chi connectivity index (χ1) is 19.3. The van der Waals surface area contributed by atoms with Gasteiger partial charge in [0.05, 0.1) is 7.11 Å². The van der Waals surface area contributed by atoms with Gasteiger partial charge in [-0.05, 0) is 105 Å². The zero-order chi connectivity index (χ0) is 28.4. The molecule has 1 fully saturated rings. The van der Waals surface area contributed by atoms with Crippen molar-refractivity contribution in [3.8, 4) is 22.6 Å². The molecule has 1 saturated carbocycles. The monoisotopic (exact) mass is 555 g/mol. The van der Waals surface area contributed by atoms with Crippen molar-refractivity contribution >= 4 is 33.0 Å². The van der Waals surface area contributed by atoms with Gasteiger partial charge in [0.15, 0.2) is 11.6 Å². The molecule has 1 atom stereocenters. The topological polar surface area (TPSA) is 75.6 Å². The maximum atomic E-state index is 14.3. The lowest BCUT2D eigenvalue weighted by molar-refractivity contribution is 0.0837. The van der Waals surface area contributed by atoms with Crippen molar-refractivity contribution in [2.75, 3.05) is 14.2 Å². The number of aryl methyl sites for hydroxylation is 1. The summed E-state index contributed by atoms with van der Waals surface area (Å²) < 4.78 is 6.71. The molecule has 3 aromatic carbocycles. The minimum Gasteiger partial charge on any atom is -0.506 e. The molecule has 208 valence electrons. The molecule has 1 unspecified atom stereocenters. The number of aromatic hydroxyl groups is 1. The van der Waals surface area contributed by atoms with E-state index in [1.807, 2.05) is 68.6 Å². The van der Waals surface area contributed by atoms with Gasteiger partial charge in [-0.1, -0.05) is 36.4 Å². The smallest absolute Gasteiger partial charge is 0.180 e. The lowest BCUT2D eigenvalue weighted by Gasteiger charge is -2.33. The summed E-state index contributed by atoms with van der Waals surface area (Å²) in [5.41, 5.74) is 4.52. The summed E-state index contributed by atoms with van der Waals surface area (Å²) in [6.07, 6.45) is 4.48. The predicted octanol–water partition coefficient (Wildman–Crippen LogP) is 7.61. The molecular weight excluding hydrogens is 518 g/mol. The predicted molar refractivity (Wildman–Crippen MR) is 163 cm³/mol. The van der Waals surface area contributed by atoms with Crippen molar-refractivity contribution < 1.29 is 19.4 Å². The number of carbonyl (C=O) groups excluding carboxylic acids is 2. The van der Waals surface area contributed by atoms with E-state index in [2.05, 4.69) is 11.4 Å². The number of Topliss-reactive ketones (excluding diaryl/α,β-unsaturated/α-hetero) is 2. The Morgan fingerprint density at radius 1 is 1.02 bits per heavy atom. The SMILES string of the molecule is CNC1CCC(C(Cc2cc(-c3cccc(C(C)=O)c3)ccc2OC)C(=O)c2sc3cccc(C)c3c2O)CC1. The number of rotatable bonds is 9. The van der Waals surface area contributed by atoms with Crippen LogP contribution in [0.4, 0.5) is 0 Å². The molecule has 4 aromatic rings. The molecule has 5 nitrogen and oxygen atoms in total. The second-order valence-corrected chi connectivity index (χ2v) is 12.0. The van der Waals surface area contributed by atoms with Crippen molar-refractivity contribution in [3.63, 3.8) is 0 Å². The number of nitrogens with one attached hydrogen (secondary N) is 1. The lowest BCUT2D eigenvalue weighted by Crippen LogP contribution is -2.35. The molecule has 0 spiro atoms. The molecule has 1 aliphatic rings. The number of benzene rings is 3. The average molecular weight is 556 g/mol. The Morgan fingerprint density at radius 2 is 1.75 bits per heavy atom. The number of ether oxygens (including phenoxy) is 1. The Kier molecular flexibility index (Phi) is 8.38. The molecule has 40 heavy (non-hydrogen) atoms. The largest absolute Gasteiger partial charge is 0.506 e. The normalized spacial score (nSPS) is 18.0. The van der Waals surface area contributed by atoms with Crippen LogP contribution in [0.25, 0.3) is 21.2 Å². The van der Waals surface area contributed by atoms with Crippen molar-refractivity contribution in [3.05, 3.63) is 82.2 Å². The van der Waals surface area contributed by atoms with E-state index in [1.54, 1.807) is 14.0 Å². The first-order valence-corrected chi connectivity index (χ1v) is 14.8. The molecule has 1 aromatic heterocycles. The molecular formula is C34H37NO4S. The first-order valence-electron chi connectivity index (χ1n) is 14.0. The van der Waals surface area contributed by atoms with Crippen LogP contribution in [0, 0.1) is 18.8 Å². The molecule has 0 bridgehead atoms. The van der Waals surface area contributed by atoms with E-state index in [0.717, 1.165) is 63.8 Å². The van der Waals surface area contributed by atoms with E-state index in [4.69, 9.17) is 4.74 Å². The fraction of sp³-hybridized carbons (Fsp3) is 0.353. The molecule has 0 radical (unpaired) electrons. The Balaban J connectivity index is 1.55.